The van der Waals surface area contributed by atoms with Crippen LogP contribution >= 0.6 is 15.9 Å². The molecule has 1 aliphatic heterocycles. The molecule has 2 N–H and O–H groups in total. The summed E-state index contributed by atoms with van der Waals surface area (Å²) in [6.45, 7) is 5.24. The number of hydrogen-bond acceptors (Lipinski definition) is 2. The average Bonchev–Trinajstić information content (AvgIpc) is 2.38. The summed E-state index contributed by atoms with van der Waals surface area (Å²) in [6.07, 6.45) is 4.00. The Labute approximate surface area is 112 Å². The van der Waals surface area contributed by atoms with Gasteiger partial charge in [-0.05, 0) is 65.4 Å². The van der Waals surface area contributed by atoms with E-state index in [1.54, 1.807) is 0 Å². The third kappa shape index (κ3) is 3.02. The van der Waals surface area contributed by atoms with Gasteiger partial charge in [0.2, 0.25) is 0 Å². The standard InChI is InChI=1S/C14H21BrN2/c1-11(10-16)12-5-6-14(13(15)9-12)17-7-3-2-4-8-17/h5-6,9,11H,2-4,7-8,10,16H2,1H3. The molecule has 1 unspecified atom stereocenters. The SMILES string of the molecule is CC(CN)c1ccc(N2CCCCC2)c(Br)c1. The largest absolute Gasteiger partial charge is 0.371 e. The topological polar surface area (TPSA) is 29.3 Å². The highest BCUT2D eigenvalue weighted by atomic mass is 79.9. The molecule has 17 heavy (non-hydrogen) atoms. The highest BCUT2D eigenvalue weighted by Gasteiger charge is 2.14. The van der Waals surface area contributed by atoms with E-state index in [1.165, 1.54) is 48.1 Å². The van der Waals surface area contributed by atoms with Crippen LogP contribution in [0.5, 0.6) is 0 Å². The van der Waals surface area contributed by atoms with E-state index < -0.39 is 0 Å². The number of nitrogens with two attached hydrogens (primary N) is 1. The van der Waals surface area contributed by atoms with E-state index in [4.69, 9.17) is 5.73 Å². The van der Waals surface area contributed by atoms with Crippen molar-refractivity contribution in [3.05, 3.63) is 28.2 Å². The van der Waals surface area contributed by atoms with Crippen LogP contribution in [0, 0.1) is 0 Å². The molecule has 94 valence electrons. The van der Waals surface area contributed by atoms with E-state index in [0.29, 0.717) is 12.5 Å². The van der Waals surface area contributed by atoms with E-state index >= 15 is 0 Å². The average molecular weight is 297 g/mol. The van der Waals surface area contributed by atoms with Gasteiger partial charge in [0.05, 0.1) is 5.69 Å². The first-order valence-electron chi connectivity index (χ1n) is 6.47. The Bertz CT molecular complexity index is 372. The summed E-state index contributed by atoms with van der Waals surface area (Å²) in [5, 5.41) is 0. The summed E-state index contributed by atoms with van der Waals surface area (Å²) in [5.41, 5.74) is 8.36. The minimum atomic E-state index is 0.432. The van der Waals surface area contributed by atoms with Gasteiger partial charge in [-0.3, -0.25) is 0 Å². The molecule has 0 aromatic heterocycles. The van der Waals surface area contributed by atoms with Gasteiger partial charge in [0, 0.05) is 17.6 Å². The van der Waals surface area contributed by atoms with Gasteiger partial charge in [0.15, 0.2) is 0 Å². The first-order chi connectivity index (χ1) is 8.22. The minimum Gasteiger partial charge on any atom is -0.371 e. The van der Waals surface area contributed by atoms with Crippen LogP contribution in [0.3, 0.4) is 0 Å². The molecule has 2 nitrogen and oxygen atoms in total. The molecule has 0 bridgehead atoms. The van der Waals surface area contributed by atoms with Crippen molar-refractivity contribution in [2.75, 3.05) is 24.5 Å². The van der Waals surface area contributed by atoms with Gasteiger partial charge in [-0.15, -0.1) is 0 Å². The van der Waals surface area contributed by atoms with Gasteiger partial charge in [-0.1, -0.05) is 13.0 Å². The van der Waals surface area contributed by atoms with E-state index in [2.05, 4.69) is 46.0 Å². The second-order valence-corrected chi connectivity index (χ2v) is 5.75. The van der Waals surface area contributed by atoms with Crippen molar-refractivity contribution in [3.8, 4) is 0 Å². The Morgan fingerprint density at radius 2 is 2.00 bits per heavy atom. The van der Waals surface area contributed by atoms with Gasteiger partial charge < -0.3 is 10.6 Å². The molecule has 1 aromatic carbocycles. The molecule has 1 saturated heterocycles. The molecule has 1 fully saturated rings. The van der Waals surface area contributed by atoms with E-state index in [9.17, 15) is 0 Å². The van der Waals surface area contributed by atoms with Crippen LogP contribution in [0.25, 0.3) is 0 Å². The van der Waals surface area contributed by atoms with Crippen LogP contribution < -0.4 is 10.6 Å². The first-order valence-corrected chi connectivity index (χ1v) is 7.26. The normalized spacial score (nSPS) is 18.2. The number of halogens is 1. The lowest BCUT2D eigenvalue weighted by molar-refractivity contribution is 0.577. The van der Waals surface area contributed by atoms with Gasteiger partial charge in [-0.2, -0.15) is 0 Å². The van der Waals surface area contributed by atoms with Gasteiger partial charge >= 0.3 is 0 Å². The Balaban J connectivity index is 2.18. The Kier molecular flexibility index (Phi) is 4.46. The van der Waals surface area contributed by atoms with E-state index in [1.807, 2.05) is 0 Å². The van der Waals surface area contributed by atoms with Crippen LogP contribution in [0.15, 0.2) is 22.7 Å². The van der Waals surface area contributed by atoms with Crippen molar-refractivity contribution in [3.63, 3.8) is 0 Å². The lowest BCUT2D eigenvalue weighted by Crippen LogP contribution is -2.29. The number of anilines is 1. The molecule has 0 amide bonds. The second-order valence-electron chi connectivity index (χ2n) is 4.90. The lowest BCUT2D eigenvalue weighted by Gasteiger charge is -2.30. The van der Waals surface area contributed by atoms with Crippen molar-refractivity contribution in [1.29, 1.82) is 0 Å². The monoisotopic (exact) mass is 296 g/mol. The predicted octanol–water partition coefficient (Wildman–Crippen LogP) is 3.50. The fraction of sp³-hybridized carbons (Fsp3) is 0.571. The zero-order valence-corrected chi connectivity index (χ0v) is 12.0. The smallest absolute Gasteiger partial charge is 0.0510 e. The summed E-state index contributed by atoms with van der Waals surface area (Å²) < 4.78 is 1.21. The van der Waals surface area contributed by atoms with Gasteiger partial charge in [0.1, 0.15) is 0 Å². The lowest BCUT2D eigenvalue weighted by atomic mass is 10.0. The van der Waals surface area contributed by atoms with Crippen LogP contribution in [0.4, 0.5) is 5.69 Å². The van der Waals surface area contributed by atoms with Crippen molar-refractivity contribution < 1.29 is 0 Å². The van der Waals surface area contributed by atoms with Crippen LogP contribution in [0.1, 0.15) is 37.7 Å². The molecule has 1 heterocycles. The maximum Gasteiger partial charge on any atom is 0.0510 e. The molecule has 0 saturated carbocycles. The predicted molar refractivity (Wildman–Crippen MR) is 77.7 cm³/mol. The van der Waals surface area contributed by atoms with Gasteiger partial charge in [0.25, 0.3) is 0 Å². The number of nitrogens with zero attached hydrogens (tertiary/aromatic N) is 1. The van der Waals surface area contributed by atoms with Crippen LogP contribution in [-0.4, -0.2) is 19.6 Å². The molecular weight excluding hydrogens is 276 g/mol. The number of benzene rings is 1. The molecule has 1 aromatic rings. The first kappa shape index (κ1) is 12.9. The summed E-state index contributed by atoms with van der Waals surface area (Å²) >= 11 is 3.70. The van der Waals surface area contributed by atoms with Crippen molar-refractivity contribution in [2.24, 2.45) is 5.73 Å². The van der Waals surface area contributed by atoms with Crippen molar-refractivity contribution in [1.82, 2.24) is 0 Å². The van der Waals surface area contributed by atoms with Crippen molar-refractivity contribution >= 4 is 21.6 Å². The zero-order chi connectivity index (χ0) is 12.3. The highest BCUT2D eigenvalue weighted by molar-refractivity contribution is 9.10. The van der Waals surface area contributed by atoms with Crippen molar-refractivity contribution in [2.45, 2.75) is 32.1 Å². The summed E-state index contributed by atoms with van der Waals surface area (Å²) in [6, 6.07) is 6.67. The molecule has 3 heteroatoms. The van der Waals surface area contributed by atoms with Crippen LogP contribution in [0.2, 0.25) is 0 Å². The fourth-order valence-corrected chi connectivity index (χ4v) is 3.00. The summed E-state index contributed by atoms with van der Waals surface area (Å²) in [7, 11) is 0. The summed E-state index contributed by atoms with van der Waals surface area (Å²) in [5.74, 6) is 0.432. The molecule has 0 radical (unpaired) electrons. The maximum atomic E-state index is 5.71. The molecule has 0 spiro atoms. The molecule has 1 atom stereocenters. The Morgan fingerprint density at radius 1 is 1.29 bits per heavy atom. The third-order valence-electron chi connectivity index (χ3n) is 3.59. The van der Waals surface area contributed by atoms with Crippen LogP contribution in [-0.2, 0) is 0 Å². The minimum absolute atomic E-state index is 0.432. The molecule has 1 aliphatic rings. The van der Waals surface area contributed by atoms with Gasteiger partial charge in [-0.25, -0.2) is 0 Å². The molecular formula is C14H21BrN2. The maximum absolute atomic E-state index is 5.71. The number of rotatable bonds is 3. The quantitative estimate of drug-likeness (QED) is 0.925. The Morgan fingerprint density at radius 3 is 2.59 bits per heavy atom. The zero-order valence-electron chi connectivity index (χ0n) is 10.5. The Hall–Kier alpha value is -0.540. The highest BCUT2D eigenvalue weighted by Crippen LogP contribution is 2.31. The van der Waals surface area contributed by atoms with E-state index in [-0.39, 0.29) is 0 Å². The fourth-order valence-electron chi connectivity index (χ4n) is 2.36. The molecule has 0 aliphatic carbocycles. The number of hydrogen-bond donors (Lipinski definition) is 1. The summed E-state index contributed by atoms with van der Waals surface area (Å²) in [4.78, 5) is 2.48. The second kappa shape index (κ2) is 5.87. The number of piperidine rings is 1. The third-order valence-corrected chi connectivity index (χ3v) is 4.23. The molecule has 2 rings (SSSR count). The van der Waals surface area contributed by atoms with E-state index in [0.717, 1.165) is 0 Å².